The monoisotopic (exact) mass is 528 g/mol. The van der Waals surface area contributed by atoms with Gasteiger partial charge >= 0.3 is 0 Å². The fraction of sp³-hybridized carbons (Fsp3) is 0.417. The van der Waals surface area contributed by atoms with E-state index in [-0.39, 0.29) is 52.7 Å². The fourth-order valence-corrected chi connectivity index (χ4v) is 5.21. The number of carbonyl (C=O) groups excluding carboxylic acids is 2. The van der Waals surface area contributed by atoms with Crippen molar-refractivity contribution in [2.45, 2.75) is 42.9 Å². The standard InChI is InChI=1S/C24H24Cl2F2N2O5/c1-33-20-10-23(29-21(31)11-34-14-2-4-16(25)18(27)8-14)6-7-24(20,13-23)30-22(32)12-35-15-3-5-17(26)19(28)9-15/h2-5,8-9,20H,6-7,10-13H2,1H3,(H,29,31)(H,30,32). The smallest absolute Gasteiger partial charge is 0.258 e. The van der Waals surface area contributed by atoms with E-state index in [0.29, 0.717) is 25.7 Å². The lowest BCUT2D eigenvalue weighted by Gasteiger charge is -2.35. The molecule has 0 radical (unpaired) electrons. The van der Waals surface area contributed by atoms with Gasteiger partial charge in [0.05, 0.1) is 21.7 Å². The summed E-state index contributed by atoms with van der Waals surface area (Å²) in [6.45, 7) is -0.616. The second kappa shape index (κ2) is 10.2. The first-order valence-electron chi connectivity index (χ1n) is 10.9. The average molecular weight is 529 g/mol. The van der Waals surface area contributed by atoms with Crippen molar-refractivity contribution in [3.63, 3.8) is 0 Å². The largest absolute Gasteiger partial charge is 0.484 e. The third kappa shape index (κ3) is 5.63. The summed E-state index contributed by atoms with van der Waals surface area (Å²) in [5.41, 5.74) is -1.24. The topological polar surface area (TPSA) is 85.9 Å². The van der Waals surface area contributed by atoms with Gasteiger partial charge in [-0.1, -0.05) is 23.2 Å². The Kier molecular flexibility index (Phi) is 7.40. The number of rotatable bonds is 9. The van der Waals surface area contributed by atoms with Crippen molar-refractivity contribution in [3.05, 3.63) is 58.1 Å². The Morgan fingerprint density at radius 3 is 2.00 bits per heavy atom. The maximum Gasteiger partial charge on any atom is 0.258 e. The Morgan fingerprint density at radius 2 is 1.49 bits per heavy atom. The molecule has 7 nitrogen and oxygen atoms in total. The number of hydrogen-bond acceptors (Lipinski definition) is 5. The summed E-state index contributed by atoms with van der Waals surface area (Å²) in [5, 5.41) is 5.94. The van der Waals surface area contributed by atoms with Crippen LogP contribution in [0.3, 0.4) is 0 Å². The normalized spacial score (nSPS) is 24.8. The van der Waals surface area contributed by atoms with Crippen LogP contribution in [0.4, 0.5) is 8.78 Å². The van der Waals surface area contributed by atoms with Crippen molar-refractivity contribution in [2.24, 2.45) is 0 Å². The van der Waals surface area contributed by atoms with E-state index in [1.54, 1.807) is 7.11 Å². The summed E-state index contributed by atoms with van der Waals surface area (Å²) in [6.07, 6.45) is 1.89. The second-order valence-electron chi connectivity index (χ2n) is 8.87. The summed E-state index contributed by atoms with van der Waals surface area (Å²) in [7, 11) is 1.56. The molecule has 2 aliphatic carbocycles. The summed E-state index contributed by atoms with van der Waals surface area (Å²) < 4.78 is 43.6. The second-order valence-corrected chi connectivity index (χ2v) is 9.68. The van der Waals surface area contributed by atoms with Crippen molar-refractivity contribution >= 4 is 35.0 Å². The van der Waals surface area contributed by atoms with Crippen LogP contribution in [-0.4, -0.2) is 49.3 Å². The van der Waals surface area contributed by atoms with Crippen LogP contribution in [0.15, 0.2) is 36.4 Å². The Hall–Kier alpha value is -2.62. The van der Waals surface area contributed by atoms with Crippen molar-refractivity contribution in [2.75, 3.05) is 20.3 Å². The van der Waals surface area contributed by atoms with Gasteiger partial charge in [0.15, 0.2) is 13.2 Å². The number of nitrogens with one attached hydrogen (secondary N) is 2. The minimum Gasteiger partial charge on any atom is -0.484 e. The summed E-state index contributed by atoms with van der Waals surface area (Å²) in [5.74, 6) is -1.66. The third-order valence-corrected chi connectivity index (χ3v) is 7.11. The summed E-state index contributed by atoms with van der Waals surface area (Å²) in [6, 6.07) is 7.87. The van der Waals surface area contributed by atoms with Gasteiger partial charge in [-0.05, 0) is 49.9 Å². The number of carbonyl (C=O) groups is 2. The molecule has 4 rings (SSSR count). The van der Waals surface area contributed by atoms with E-state index >= 15 is 0 Å². The molecule has 0 aliphatic heterocycles. The van der Waals surface area contributed by atoms with Gasteiger partial charge in [-0.3, -0.25) is 9.59 Å². The molecule has 2 aromatic rings. The van der Waals surface area contributed by atoms with Gasteiger partial charge in [0, 0.05) is 24.8 Å². The number of hydrogen-bond donors (Lipinski definition) is 2. The van der Waals surface area contributed by atoms with Crippen LogP contribution in [0, 0.1) is 11.6 Å². The minimum atomic E-state index is -0.673. The molecular formula is C24H24Cl2F2N2O5. The third-order valence-electron chi connectivity index (χ3n) is 6.50. The molecule has 35 heavy (non-hydrogen) atoms. The molecule has 2 fully saturated rings. The number of benzene rings is 2. The molecule has 2 saturated carbocycles. The van der Waals surface area contributed by atoms with Crippen LogP contribution in [0.1, 0.15) is 25.7 Å². The average Bonchev–Trinajstić information content (AvgIpc) is 3.32. The molecular weight excluding hydrogens is 505 g/mol. The van der Waals surface area contributed by atoms with E-state index in [0.717, 1.165) is 12.1 Å². The fourth-order valence-electron chi connectivity index (χ4n) is 4.97. The first-order chi connectivity index (χ1) is 16.6. The number of fused-ring (bicyclic) bond motifs is 2. The molecule has 2 aromatic carbocycles. The van der Waals surface area contributed by atoms with Gasteiger partial charge in [-0.25, -0.2) is 8.78 Å². The van der Waals surface area contributed by atoms with Crippen LogP contribution in [0.5, 0.6) is 11.5 Å². The molecule has 3 atom stereocenters. The highest BCUT2D eigenvalue weighted by molar-refractivity contribution is 6.31. The van der Waals surface area contributed by atoms with Crippen molar-refractivity contribution in [1.82, 2.24) is 10.6 Å². The van der Waals surface area contributed by atoms with E-state index in [1.807, 2.05) is 0 Å². The van der Waals surface area contributed by atoms with Gasteiger partial charge in [-0.2, -0.15) is 0 Å². The SMILES string of the molecule is COC1CC2(NC(=O)COc3ccc(Cl)c(F)c3)CCC1(NC(=O)COc1ccc(Cl)c(F)c1)C2. The highest BCUT2D eigenvalue weighted by atomic mass is 35.5. The molecule has 3 unspecified atom stereocenters. The highest BCUT2D eigenvalue weighted by Crippen LogP contribution is 2.51. The number of methoxy groups -OCH3 is 1. The van der Waals surface area contributed by atoms with Gasteiger partial charge in [0.1, 0.15) is 23.1 Å². The van der Waals surface area contributed by atoms with E-state index in [9.17, 15) is 18.4 Å². The van der Waals surface area contributed by atoms with Crippen LogP contribution >= 0.6 is 23.2 Å². The summed E-state index contributed by atoms with van der Waals surface area (Å²) in [4.78, 5) is 25.2. The zero-order chi connectivity index (χ0) is 25.2. The quantitative estimate of drug-likeness (QED) is 0.513. The predicted molar refractivity (Wildman–Crippen MR) is 125 cm³/mol. The summed E-state index contributed by atoms with van der Waals surface area (Å²) >= 11 is 11.3. The van der Waals surface area contributed by atoms with E-state index < -0.39 is 22.7 Å². The Morgan fingerprint density at radius 1 is 0.943 bits per heavy atom. The van der Waals surface area contributed by atoms with Gasteiger partial charge in [0.2, 0.25) is 0 Å². The van der Waals surface area contributed by atoms with Crippen LogP contribution in [0.2, 0.25) is 10.0 Å². The minimum absolute atomic E-state index is 0.0349. The maximum atomic E-state index is 13.6. The number of amides is 2. The Labute approximate surface area is 211 Å². The van der Waals surface area contributed by atoms with Crippen LogP contribution < -0.4 is 20.1 Å². The first kappa shape index (κ1) is 25.5. The number of halogens is 4. The molecule has 0 aromatic heterocycles. The predicted octanol–water partition coefficient (Wildman–Crippen LogP) is 4.04. The number of ether oxygens (including phenoxy) is 3. The van der Waals surface area contributed by atoms with Crippen molar-refractivity contribution in [1.29, 1.82) is 0 Å². The van der Waals surface area contributed by atoms with E-state index in [1.165, 1.54) is 24.3 Å². The van der Waals surface area contributed by atoms with Crippen molar-refractivity contribution in [3.8, 4) is 11.5 Å². The van der Waals surface area contributed by atoms with Crippen LogP contribution in [0.25, 0.3) is 0 Å². The van der Waals surface area contributed by atoms with Crippen molar-refractivity contribution < 1.29 is 32.6 Å². The molecule has 2 bridgehead atoms. The lowest BCUT2D eigenvalue weighted by Crippen LogP contribution is -2.55. The lowest BCUT2D eigenvalue weighted by molar-refractivity contribution is -0.127. The lowest BCUT2D eigenvalue weighted by atomic mass is 9.88. The highest BCUT2D eigenvalue weighted by Gasteiger charge is 2.61. The maximum absolute atomic E-state index is 13.6. The Bertz CT molecular complexity index is 1140. The molecule has 2 N–H and O–H groups in total. The van der Waals surface area contributed by atoms with E-state index in [4.69, 9.17) is 37.4 Å². The molecule has 2 aliphatic rings. The Balaban J connectivity index is 1.33. The van der Waals surface area contributed by atoms with Gasteiger partial charge < -0.3 is 24.8 Å². The first-order valence-corrected chi connectivity index (χ1v) is 11.7. The van der Waals surface area contributed by atoms with E-state index in [2.05, 4.69) is 10.6 Å². The van der Waals surface area contributed by atoms with Gasteiger partial charge in [0.25, 0.3) is 11.8 Å². The molecule has 0 heterocycles. The van der Waals surface area contributed by atoms with Crippen LogP contribution in [-0.2, 0) is 14.3 Å². The zero-order valence-electron chi connectivity index (χ0n) is 18.8. The van der Waals surface area contributed by atoms with Gasteiger partial charge in [-0.15, -0.1) is 0 Å². The molecule has 2 amide bonds. The molecule has 0 saturated heterocycles. The molecule has 11 heteroatoms. The molecule has 0 spiro atoms. The molecule has 188 valence electrons. The zero-order valence-corrected chi connectivity index (χ0v) is 20.3.